The Kier molecular flexibility index (Phi) is 7.02. The molecule has 0 aliphatic carbocycles. The topological polar surface area (TPSA) is 67.6 Å². The summed E-state index contributed by atoms with van der Waals surface area (Å²) in [5, 5.41) is 2.89. The average molecular weight is 319 g/mol. The summed E-state index contributed by atoms with van der Waals surface area (Å²) < 4.78 is 5.13. The second-order valence-corrected chi connectivity index (χ2v) is 6.50. The molecule has 1 fully saturated rings. The van der Waals surface area contributed by atoms with Crippen LogP contribution in [-0.2, 0) is 16.1 Å². The van der Waals surface area contributed by atoms with Crippen molar-refractivity contribution < 1.29 is 9.53 Å². The fraction of sp³-hybridized carbons (Fsp3) is 0.611. The van der Waals surface area contributed by atoms with Crippen molar-refractivity contribution in [1.29, 1.82) is 0 Å². The van der Waals surface area contributed by atoms with Crippen LogP contribution in [0, 0.1) is 5.92 Å². The number of hydrogen-bond donors (Lipinski definition) is 2. The minimum atomic E-state index is -0.226. The first kappa shape index (κ1) is 17.9. The lowest BCUT2D eigenvalue weighted by Crippen LogP contribution is -2.32. The summed E-state index contributed by atoms with van der Waals surface area (Å²) in [7, 11) is 1.57. The van der Waals surface area contributed by atoms with E-state index in [2.05, 4.69) is 29.3 Å². The van der Waals surface area contributed by atoms with E-state index in [0.717, 1.165) is 18.2 Å². The molecular weight excluding hydrogens is 290 g/mol. The number of amides is 1. The molecule has 3 N–H and O–H groups in total. The van der Waals surface area contributed by atoms with Crippen LogP contribution in [0.25, 0.3) is 0 Å². The van der Waals surface area contributed by atoms with Crippen molar-refractivity contribution in [3.63, 3.8) is 0 Å². The summed E-state index contributed by atoms with van der Waals surface area (Å²) in [6, 6.07) is 8.10. The molecule has 0 aromatic heterocycles. The van der Waals surface area contributed by atoms with Crippen LogP contribution in [0.3, 0.4) is 0 Å². The molecule has 2 rings (SSSR count). The van der Waals surface area contributed by atoms with Crippen molar-refractivity contribution >= 4 is 11.6 Å². The molecule has 1 aliphatic heterocycles. The van der Waals surface area contributed by atoms with Crippen LogP contribution in [-0.4, -0.2) is 43.7 Å². The Labute approximate surface area is 139 Å². The summed E-state index contributed by atoms with van der Waals surface area (Å²) in [6.45, 7) is 6.01. The van der Waals surface area contributed by atoms with Crippen molar-refractivity contribution in [1.82, 2.24) is 4.90 Å². The highest BCUT2D eigenvalue weighted by molar-refractivity contribution is 5.91. The summed E-state index contributed by atoms with van der Waals surface area (Å²) in [6.07, 6.45) is 2.63. The molecule has 1 aliphatic rings. The molecule has 23 heavy (non-hydrogen) atoms. The van der Waals surface area contributed by atoms with Gasteiger partial charge in [0.05, 0.1) is 12.5 Å². The number of benzene rings is 1. The fourth-order valence-corrected chi connectivity index (χ4v) is 2.85. The van der Waals surface area contributed by atoms with Gasteiger partial charge in [0, 0.05) is 25.9 Å². The van der Waals surface area contributed by atoms with Gasteiger partial charge in [-0.1, -0.05) is 19.1 Å². The Morgan fingerprint density at radius 1 is 1.35 bits per heavy atom. The van der Waals surface area contributed by atoms with E-state index in [-0.39, 0.29) is 18.4 Å². The maximum atomic E-state index is 11.9. The van der Waals surface area contributed by atoms with E-state index in [4.69, 9.17) is 10.5 Å². The summed E-state index contributed by atoms with van der Waals surface area (Å²) >= 11 is 0. The largest absolute Gasteiger partial charge is 0.380 e. The number of ether oxygens (including phenoxy) is 1. The predicted molar refractivity (Wildman–Crippen MR) is 93.2 cm³/mol. The van der Waals surface area contributed by atoms with Crippen molar-refractivity contribution in [3.8, 4) is 0 Å². The van der Waals surface area contributed by atoms with Gasteiger partial charge in [0.1, 0.15) is 0 Å². The van der Waals surface area contributed by atoms with E-state index in [0.29, 0.717) is 6.54 Å². The first-order valence-electron chi connectivity index (χ1n) is 8.44. The van der Waals surface area contributed by atoms with E-state index in [1.165, 1.54) is 31.5 Å². The number of nitrogens with two attached hydrogens (primary N) is 1. The molecule has 1 aromatic rings. The third kappa shape index (κ3) is 5.94. The van der Waals surface area contributed by atoms with Crippen molar-refractivity contribution in [3.05, 3.63) is 29.8 Å². The molecule has 0 saturated carbocycles. The van der Waals surface area contributed by atoms with Gasteiger partial charge in [-0.3, -0.25) is 9.69 Å². The highest BCUT2D eigenvalue weighted by Crippen LogP contribution is 2.19. The second-order valence-electron chi connectivity index (χ2n) is 6.50. The predicted octanol–water partition coefficient (Wildman–Crippen LogP) is 2.22. The minimum Gasteiger partial charge on any atom is -0.380 e. The Morgan fingerprint density at radius 3 is 2.57 bits per heavy atom. The van der Waals surface area contributed by atoms with Gasteiger partial charge in [0.15, 0.2) is 0 Å². The molecular formula is C18H29N3O2. The number of anilines is 1. The van der Waals surface area contributed by atoms with Gasteiger partial charge >= 0.3 is 0 Å². The lowest BCUT2D eigenvalue weighted by Gasteiger charge is -2.30. The molecule has 5 heteroatoms. The third-order valence-corrected chi connectivity index (χ3v) is 4.53. The normalized spacial score (nSPS) is 17.9. The molecule has 1 amide bonds. The number of methoxy groups -OCH3 is 1. The Morgan fingerprint density at radius 2 is 2.00 bits per heavy atom. The van der Waals surface area contributed by atoms with E-state index in [9.17, 15) is 4.79 Å². The van der Waals surface area contributed by atoms with Crippen LogP contribution in [0.15, 0.2) is 24.3 Å². The molecule has 128 valence electrons. The van der Waals surface area contributed by atoms with Crippen LogP contribution >= 0.6 is 0 Å². The van der Waals surface area contributed by atoms with Gasteiger partial charge in [-0.2, -0.15) is 0 Å². The molecule has 0 radical (unpaired) electrons. The zero-order chi connectivity index (χ0) is 16.7. The first-order valence-corrected chi connectivity index (χ1v) is 8.44. The highest BCUT2D eigenvalue weighted by atomic mass is 16.5. The standard InChI is InChI=1S/C18H29N3O2/c1-14-7-9-21(10-8-14)13-15-3-5-16(6-4-15)20-18(22)11-17(12-19)23-2/h3-6,14,17H,7-13,19H2,1-2H3,(H,20,22). The number of carbonyl (C=O) groups excluding carboxylic acids is 1. The molecule has 1 atom stereocenters. The number of rotatable bonds is 7. The number of hydrogen-bond acceptors (Lipinski definition) is 4. The highest BCUT2D eigenvalue weighted by Gasteiger charge is 2.16. The van der Waals surface area contributed by atoms with Crippen LogP contribution in [0.2, 0.25) is 0 Å². The molecule has 0 bridgehead atoms. The van der Waals surface area contributed by atoms with Gasteiger partial charge in [-0.25, -0.2) is 0 Å². The number of piperidine rings is 1. The van der Waals surface area contributed by atoms with Crippen LogP contribution < -0.4 is 11.1 Å². The minimum absolute atomic E-state index is 0.0694. The van der Waals surface area contributed by atoms with Crippen LogP contribution in [0.4, 0.5) is 5.69 Å². The summed E-state index contributed by atoms with van der Waals surface area (Å²) in [5.74, 6) is 0.786. The van der Waals surface area contributed by atoms with Crippen molar-refractivity contribution in [2.45, 2.75) is 38.8 Å². The number of likely N-dealkylation sites (tertiary alicyclic amines) is 1. The van der Waals surface area contributed by atoms with E-state index < -0.39 is 0 Å². The van der Waals surface area contributed by atoms with E-state index in [1.807, 2.05) is 12.1 Å². The van der Waals surface area contributed by atoms with Gasteiger partial charge in [-0.15, -0.1) is 0 Å². The lowest BCUT2D eigenvalue weighted by atomic mass is 9.99. The van der Waals surface area contributed by atoms with Gasteiger partial charge in [0.2, 0.25) is 5.91 Å². The molecule has 0 spiro atoms. The molecule has 1 unspecified atom stereocenters. The lowest BCUT2D eigenvalue weighted by molar-refractivity contribution is -0.118. The fourth-order valence-electron chi connectivity index (χ4n) is 2.85. The maximum Gasteiger partial charge on any atom is 0.227 e. The Hall–Kier alpha value is -1.43. The van der Waals surface area contributed by atoms with Gasteiger partial charge in [-0.05, 0) is 49.5 Å². The average Bonchev–Trinajstić information content (AvgIpc) is 2.56. The summed E-state index contributed by atoms with van der Waals surface area (Å²) in [5.41, 5.74) is 7.64. The first-order chi connectivity index (χ1) is 11.1. The Bertz CT molecular complexity index is 478. The molecule has 5 nitrogen and oxygen atoms in total. The number of carbonyl (C=O) groups is 1. The molecule has 1 aromatic carbocycles. The van der Waals surface area contributed by atoms with Crippen molar-refractivity contribution in [2.75, 3.05) is 32.1 Å². The van der Waals surface area contributed by atoms with Gasteiger partial charge < -0.3 is 15.8 Å². The van der Waals surface area contributed by atoms with Crippen LogP contribution in [0.1, 0.15) is 31.7 Å². The van der Waals surface area contributed by atoms with Crippen LogP contribution in [0.5, 0.6) is 0 Å². The summed E-state index contributed by atoms with van der Waals surface area (Å²) in [4.78, 5) is 14.4. The quantitative estimate of drug-likeness (QED) is 0.809. The van der Waals surface area contributed by atoms with Gasteiger partial charge in [0.25, 0.3) is 0 Å². The third-order valence-electron chi connectivity index (χ3n) is 4.53. The SMILES string of the molecule is COC(CN)CC(=O)Nc1ccc(CN2CCC(C)CC2)cc1. The van der Waals surface area contributed by atoms with E-state index >= 15 is 0 Å². The van der Waals surface area contributed by atoms with Crippen molar-refractivity contribution in [2.24, 2.45) is 11.7 Å². The zero-order valence-corrected chi connectivity index (χ0v) is 14.3. The zero-order valence-electron chi connectivity index (χ0n) is 14.3. The second kappa shape index (κ2) is 9.01. The van der Waals surface area contributed by atoms with E-state index in [1.54, 1.807) is 7.11 Å². The molecule has 1 heterocycles. The Balaban J connectivity index is 1.81. The monoisotopic (exact) mass is 319 g/mol. The smallest absolute Gasteiger partial charge is 0.227 e. The molecule has 1 saturated heterocycles. The number of nitrogens with one attached hydrogen (secondary N) is 1. The number of nitrogens with zero attached hydrogens (tertiary/aromatic N) is 1. The maximum absolute atomic E-state index is 11.9.